The number of pyridine rings is 1. The molecule has 2 aromatic rings. The molecule has 0 spiro atoms. The van der Waals surface area contributed by atoms with Crippen LogP contribution in [0.25, 0.3) is 11.0 Å². The minimum absolute atomic E-state index is 0.00946. The molecule has 2 aliphatic heterocycles. The van der Waals surface area contributed by atoms with Gasteiger partial charge in [0.1, 0.15) is 0 Å². The second-order valence-corrected chi connectivity index (χ2v) is 8.47. The van der Waals surface area contributed by atoms with E-state index in [4.69, 9.17) is 9.57 Å². The van der Waals surface area contributed by atoms with Gasteiger partial charge in [-0.15, -0.1) is 10.2 Å². The highest BCUT2D eigenvalue weighted by atomic mass is 19.4. The second kappa shape index (κ2) is 9.25. The molecule has 2 saturated heterocycles. The number of halogens is 3. The number of hydrogen-bond donors (Lipinski definition) is 1. The van der Waals surface area contributed by atoms with Gasteiger partial charge in [-0.1, -0.05) is 0 Å². The van der Waals surface area contributed by atoms with Crippen molar-refractivity contribution >= 4 is 23.2 Å². The third-order valence-corrected chi connectivity index (χ3v) is 6.04. The van der Waals surface area contributed by atoms with E-state index < -0.39 is 24.3 Å². The average Bonchev–Trinajstić information content (AvgIpc) is 3.11. The Bertz CT molecular complexity index is 1070. The van der Waals surface area contributed by atoms with Crippen molar-refractivity contribution in [2.24, 2.45) is 5.92 Å². The smallest absolute Gasteiger partial charge is 0.493 e. The average molecular weight is 486 g/mol. The highest BCUT2D eigenvalue weighted by Gasteiger charge is 2.42. The van der Waals surface area contributed by atoms with Crippen LogP contribution in [0, 0.1) is 12.8 Å². The topological polar surface area (TPSA) is 113 Å². The summed E-state index contributed by atoms with van der Waals surface area (Å²) in [6, 6.07) is 0.836. The van der Waals surface area contributed by atoms with E-state index in [9.17, 15) is 27.9 Å². The first-order chi connectivity index (χ1) is 16.0. The van der Waals surface area contributed by atoms with E-state index in [1.807, 2.05) is 7.05 Å². The molecular formula is C20H25F3N6O5. The third-order valence-electron chi connectivity index (χ3n) is 6.04. The number of carbonyl (C=O) groups excluding carboxylic acids is 2. The molecule has 1 N–H and O–H groups in total. The number of hydroxylamine groups is 2. The lowest BCUT2D eigenvalue weighted by Gasteiger charge is -2.31. The lowest BCUT2D eigenvalue weighted by molar-refractivity contribution is -0.207. The standard InChI is InChI=1S/C20H25F3N6O5/c1-12-11-14(30)24-16-15(12)17(25-29(16)18(31)27-9-7-26(2)8-10-27)33-19(32)34-28-5-3-13(4-6-28)20(21,22)23/h11,13H,3-10H2,1-2H3,(H,24,30). The SMILES string of the molecule is Cc1cc(O)nc2c1c(OC(=O)ON1CCC(C(F)(F)F)CC1)nn2C(=O)N1CCN(C)CC1. The number of hydrogen-bond acceptors (Lipinski definition) is 9. The first-order valence-electron chi connectivity index (χ1n) is 10.8. The number of alkyl halides is 3. The number of nitrogens with zero attached hydrogens (tertiary/aromatic N) is 6. The molecule has 0 unspecified atom stereocenters. The summed E-state index contributed by atoms with van der Waals surface area (Å²) in [5.74, 6) is -2.03. The maximum atomic E-state index is 13.1. The number of piperazine rings is 1. The molecule has 186 valence electrons. The Balaban J connectivity index is 1.51. The fraction of sp³-hybridized carbons (Fsp3) is 0.600. The summed E-state index contributed by atoms with van der Waals surface area (Å²) in [4.78, 5) is 38.1. The van der Waals surface area contributed by atoms with Gasteiger partial charge in [0.05, 0.1) is 11.3 Å². The molecule has 4 heterocycles. The predicted octanol–water partition coefficient (Wildman–Crippen LogP) is 2.37. The molecule has 4 rings (SSSR count). The largest absolute Gasteiger partial charge is 0.534 e. The maximum absolute atomic E-state index is 13.1. The van der Waals surface area contributed by atoms with Gasteiger partial charge in [-0.05, 0) is 32.4 Å². The highest BCUT2D eigenvalue weighted by Crippen LogP contribution is 2.34. The number of piperidine rings is 1. The van der Waals surface area contributed by atoms with E-state index in [-0.39, 0.29) is 48.7 Å². The third kappa shape index (κ3) is 5.01. The number of aryl methyl sites for hydroxylation is 1. The van der Waals surface area contributed by atoms with Crippen molar-refractivity contribution in [1.82, 2.24) is 29.6 Å². The highest BCUT2D eigenvalue weighted by molar-refractivity contribution is 5.94. The minimum Gasteiger partial charge on any atom is -0.493 e. The molecule has 2 aliphatic rings. The Labute approximate surface area is 192 Å². The van der Waals surface area contributed by atoms with Gasteiger partial charge >= 0.3 is 18.4 Å². The van der Waals surface area contributed by atoms with E-state index in [0.29, 0.717) is 31.7 Å². The summed E-state index contributed by atoms with van der Waals surface area (Å²) in [6.45, 7) is 3.69. The van der Waals surface area contributed by atoms with Gasteiger partial charge in [0, 0.05) is 45.3 Å². The monoisotopic (exact) mass is 486 g/mol. The zero-order valence-corrected chi connectivity index (χ0v) is 18.7. The summed E-state index contributed by atoms with van der Waals surface area (Å²) in [6.07, 6.45) is -5.88. The Hall–Kier alpha value is -3.13. The molecule has 0 radical (unpaired) electrons. The number of fused-ring (bicyclic) bond motifs is 1. The molecular weight excluding hydrogens is 461 g/mol. The van der Waals surface area contributed by atoms with E-state index in [2.05, 4.69) is 15.0 Å². The molecule has 0 bridgehead atoms. The number of amides is 1. The van der Waals surface area contributed by atoms with Crippen LogP contribution in [0.15, 0.2) is 6.07 Å². The van der Waals surface area contributed by atoms with Crippen molar-refractivity contribution in [2.75, 3.05) is 46.3 Å². The van der Waals surface area contributed by atoms with Crippen LogP contribution in [-0.2, 0) is 4.84 Å². The summed E-state index contributed by atoms with van der Waals surface area (Å²) >= 11 is 0. The van der Waals surface area contributed by atoms with Gasteiger partial charge in [-0.3, -0.25) is 0 Å². The Kier molecular flexibility index (Phi) is 6.53. The number of ether oxygens (including phenoxy) is 1. The van der Waals surface area contributed by atoms with Gasteiger partial charge in [-0.2, -0.15) is 22.8 Å². The Morgan fingerprint density at radius 3 is 2.38 bits per heavy atom. The van der Waals surface area contributed by atoms with Gasteiger partial charge in [0.25, 0.3) is 5.88 Å². The summed E-state index contributed by atoms with van der Waals surface area (Å²) in [7, 11) is 1.94. The lowest BCUT2D eigenvalue weighted by Crippen LogP contribution is -2.48. The van der Waals surface area contributed by atoms with Crippen molar-refractivity contribution in [3.05, 3.63) is 11.6 Å². The zero-order chi connectivity index (χ0) is 24.6. The molecule has 0 atom stereocenters. The minimum atomic E-state index is -4.29. The predicted molar refractivity (Wildman–Crippen MR) is 111 cm³/mol. The van der Waals surface area contributed by atoms with Gasteiger partial charge < -0.3 is 24.5 Å². The van der Waals surface area contributed by atoms with E-state index in [1.54, 1.807) is 11.8 Å². The van der Waals surface area contributed by atoms with Crippen LogP contribution in [0.2, 0.25) is 0 Å². The Morgan fingerprint density at radius 2 is 1.76 bits per heavy atom. The first kappa shape index (κ1) is 24.0. The fourth-order valence-electron chi connectivity index (χ4n) is 4.06. The van der Waals surface area contributed by atoms with Crippen molar-refractivity contribution in [2.45, 2.75) is 25.9 Å². The normalized spacial score (nSPS) is 18.9. The Morgan fingerprint density at radius 1 is 1.12 bits per heavy atom. The maximum Gasteiger partial charge on any atom is 0.534 e. The van der Waals surface area contributed by atoms with Crippen molar-refractivity contribution in [1.29, 1.82) is 0 Å². The molecule has 2 aromatic heterocycles. The molecule has 34 heavy (non-hydrogen) atoms. The molecule has 2 fully saturated rings. The second-order valence-electron chi connectivity index (χ2n) is 8.47. The fourth-order valence-corrected chi connectivity index (χ4v) is 4.06. The van der Waals surface area contributed by atoms with Crippen molar-refractivity contribution < 1.29 is 37.4 Å². The van der Waals surface area contributed by atoms with Crippen molar-refractivity contribution in [3.8, 4) is 11.8 Å². The van der Waals surface area contributed by atoms with Gasteiger partial charge in [-0.25, -0.2) is 9.59 Å². The van der Waals surface area contributed by atoms with Crippen LogP contribution in [-0.4, -0.2) is 99.4 Å². The number of aromatic nitrogens is 3. The number of aromatic hydroxyl groups is 1. The van der Waals surface area contributed by atoms with Crippen LogP contribution in [0.4, 0.5) is 22.8 Å². The molecule has 0 saturated carbocycles. The molecule has 14 heteroatoms. The molecule has 0 aromatic carbocycles. The number of rotatable bonds is 2. The van der Waals surface area contributed by atoms with E-state index in [1.165, 1.54) is 6.07 Å². The van der Waals surface area contributed by atoms with E-state index >= 15 is 0 Å². The van der Waals surface area contributed by atoms with E-state index in [0.717, 1.165) is 9.75 Å². The van der Waals surface area contributed by atoms with Crippen LogP contribution in [0.3, 0.4) is 0 Å². The summed E-state index contributed by atoms with van der Waals surface area (Å²) in [5.41, 5.74) is 0.462. The van der Waals surface area contributed by atoms with Crippen LogP contribution >= 0.6 is 0 Å². The van der Waals surface area contributed by atoms with Crippen LogP contribution < -0.4 is 4.74 Å². The van der Waals surface area contributed by atoms with Crippen LogP contribution in [0.5, 0.6) is 11.8 Å². The van der Waals surface area contributed by atoms with Gasteiger partial charge in [0.15, 0.2) is 5.65 Å². The molecule has 1 amide bonds. The van der Waals surface area contributed by atoms with Crippen LogP contribution in [0.1, 0.15) is 18.4 Å². The van der Waals surface area contributed by atoms with Crippen molar-refractivity contribution in [3.63, 3.8) is 0 Å². The quantitative estimate of drug-likeness (QED) is 0.639. The summed E-state index contributed by atoms with van der Waals surface area (Å²) in [5, 5.41) is 15.4. The zero-order valence-electron chi connectivity index (χ0n) is 18.7. The first-order valence-corrected chi connectivity index (χ1v) is 10.8. The lowest BCUT2D eigenvalue weighted by atomic mass is 9.97. The molecule has 0 aliphatic carbocycles. The number of likely N-dealkylation sites (N-methyl/N-ethyl adjacent to an activating group) is 1. The molecule has 11 nitrogen and oxygen atoms in total. The van der Waals surface area contributed by atoms with Gasteiger partial charge in [0.2, 0.25) is 5.88 Å². The number of carbonyl (C=O) groups is 2. The summed E-state index contributed by atoms with van der Waals surface area (Å²) < 4.78 is 44.7.